The van der Waals surface area contributed by atoms with E-state index in [0.29, 0.717) is 0 Å². The number of nitrogens with zero attached hydrogens (tertiary/aromatic N) is 1. The van der Waals surface area contributed by atoms with E-state index >= 15 is 0 Å². The fourth-order valence-corrected chi connectivity index (χ4v) is 2.09. The molecule has 0 saturated heterocycles. The maximum absolute atomic E-state index is 5.28. The second kappa shape index (κ2) is 5.66. The highest BCUT2D eigenvalue weighted by molar-refractivity contribution is 7.10. The standard InChI is InChI=1S/C12H22N2OS/c1-12(2,14(3)4)9-13-8-11-10(15-5)6-7-16-11/h6-7,13H,8-9H2,1-5H3. The van der Waals surface area contributed by atoms with Crippen LogP contribution in [0.1, 0.15) is 18.7 Å². The van der Waals surface area contributed by atoms with Crippen molar-refractivity contribution in [2.45, 2.75) is 25.9 Å². The van der Waals surface area contributed by atoms with Gasteiger partial charge in [0.1, 0.15) is 5.75 Å². The Bertz CT molecular complexity index is 321. The molecule has 0 atom stereocenters. The van der Waals surface area contributed by atoms with Gasteiger partial charge in [-0.15, -0.1) is 11.3 Å². The van der Waals surface area contributed by atoms with Crippen LogP contribution in [-0.2, 0) is 6.54 Å². The molecule has 0 aliphatic carbocycles. The van der Waals surface area contributed by atoms with E-state index in [1.807, 2.05) is 6.07 Å². The lowest BCUT2D eigenvalue weighted by Gasteiger charge is -2.32. The minimum Gasteiger partial charge on any atom is -0.496 e. The molecule has 0 radical (unpaired) electrons. The molecule has 0 saturated carbocycles. The predicted molar refractivity (Wildman–Crippen MR) is 70.3 cm³/mol. The first kappa shape index (κ1) is 13.5. The Labute approximate surface area is 102 Å². The van der Waals surface area contributed by atoms with Crippen LogP contribution in [0.15, 0.2) is 11.4 Å². The molecule has 0 aromatic carbocycles. The summed E-state index contributed by atoms with van der Waals surface area (Å²) in [6.45, 7) is 6.29. The number of nitrogens with one attached hydrogen (secondary N) is 1. The van der Waals surface area contributed by atoms with Crippen LogP contribution in [0, 0.1) is 0 Å². The third kappa shape index (κ3) is 3.47. The molecule has 1 aromatic heterocycles. The van der Waals surface area contributed by atoms with Gasteiger partial charge in [0.25, 0.3) is 0 Å². The van der Waals surface area contributed by atoms with E-state index < -0.39 is 0 Å². The fraction of sp³-hybridized carbons (Fsp3) is 0.667. The Morgan fingerprint density at radius 2 is 2.12 bits per heavy atom. The molecule has 1 aromatic rings. The van der Waals surface area contributed by atoms with Crippen molar-refractivity contribution < 1.29 is 4.74 Å². The number of ether oxygens (including phenoxy) is 1. The van der Waals surface area contributed by atoms with Crippen molar-refractivity contribution in [3.63, 3.8) is 0 Å². The van der Waals surface area contributed by atoms with Crippen molar-refractivity contribution in [3.8, 4) is 5.75 Å². The molecule has 0 amide bonds. The Morgan fingerprint density at radius 1 is 1.44 bits per heavy atom. The van der Waals surface area contributed by atoms with Crippen molar-refractivity contribution in [1.82, 2.24) is 10.2 Å². The third-order valence-corrected chi connectivity index (χ3v) is 3.88. The second-order valence-electron chi connectivity index (χ2n) is 4.72. The normalized spacial score (nSPS) is 12.1. The minimum atomic E-state index is 0.171. The number of likely N-dealkylation sites (N-methyl/N-ethyl adjacent to an activating group) is 1. The molecule has 0 fully saturated rings. The fourth-order valence-electron chi connectivity index (χ4n) is 1.28. The summed E-state index contributed by atoms with van der Waals surface area (Å²) in [4.78, 5) is 3.49. The Balaban J connectivity index is 2.41. The highest BCUT2D eigenvalue weighted by Crippen LogP contribution is 2.24. The molecule has 0 spiro atoms. The van der Waals surface area contributed by atoms with Gasteiger partial charge in [-0.3, -0.25) is 0 Å². The molecular formula is C12H22N2OS. The lowest BCUT2D eigenvalue weighted by molar-refractivity contribution is 0.189. The molecule has 92 valence electrons. The molecular weight excluding hydrogens is 220 g/mol. The summed E-state index contributed by atoms with van der Waals surface area (Å²) in [5.74, 6) is 0.986. The van der Waals surface area contributed by atoms with Crippen LogP contribution in [0.3, 0.4) is 0 Å². The number of methoxy groups -OCH3 is 1. The van der Waals surface area contributed by atoms with E-state index in [2.05, 4.69) is 43.5 Å². The van der Waals surface area contributed by atoms with Crippen LogP contribution in [0.4, 0.5) is 0 Å². The first-order chi connectivity index (χ1) is 7.47. The van der Waals surface area contributed by atoms with Crippen molar-refractivity contribution in [2.24, 2.45) is 0 Å². The highest BCUT2D eigenvalue weighted by atomic mass is 32.1. The van der Waals surface area contributed by atoms with E-state index in [4.69, 9.17) is 4.74 Å². The van der Waals surface area contributed by atoms with E-state index in [0.717, 1.165) is 18.8 Å². The number of thiophene rings is 1. The van der Waals surface area contributed by atoms with E-state index in [1.54, 1.807) is 18.4 Å². The van der Waals surface area contributed by atoms with Gasteiger partial charge in [0, 0.05) is 18.6 Å². The smallest absolute Gasteiger partial charge is 0.134 e. The van der Waals surface area contributed by atoms with Crippen LogP contribution in [0.25, 0.3) is 0 Å². The predicted octanol–water partition coefficient (Wildman–Crippen LogP) is 2.19. The molecule has 1 N–H and O–H groups in total. The number of hydrogen-bond donors (Lipinski definition) is 1. The molecule has 0 bridgehead atoms. The first-order valence-corrected chi connectivity index (χ1v) is 6.34. The van der Waals surface area contributed by atoms with Crippen LogP contribution in [0.5, 0.6) is 5.75 Å². The summed E-state index contributed by atoms with van der Waals surface area (Å²) in [6.07, 6.45) is 0. The van der Waals surface area contributed by atoms with Crippen LogP contribution >= 0.6 is 11.3 Å². The van der Waals surface area contributed by atoms with Gasteiger partial charge in [-0.2, -0.15) is 0 Å². The van der Waals surface area contributed by atoms with E-state index in [-0.39, 0.29) is 5.54 Å². The topological polar surface area (TPSA) is 24.5 Å². The van der Waals surface area contributed by atoms with Gasteiger partial charge in [0.05, 0.1) is 12.0 Å². The quantitative estimate of drug-likeness (QED) is 0.827. The molecule has 0 unspecified atom stereocenters. The van der Waals surface area contributed by atoms with Gasteiger partial charge >= 0.3 is 0 Å². The van der Waals surface area contributed by atoms with Crippen molar-refractivity contribution in [3.05, 3.63) is 16.3 Å². The Kier molecular flexibility index (Phi) is 4.77. The van der Waals surface area contributed by atoms with Gasteiger partial charge in [-0.1, -0.05) is 0 Å². The third-order valence-electron chi connectivity index (χ3n) is 2.98. The van der Waals surface area contributed by atoms with Crippen LogP contribution in [0.2, 0.25) is 0 Å². The van der Waals surface area contributed by atoms with E-state index in [1.165, 1.54) is 4.88 Å². The zero-order valence-corrected chi connectivity index (χ0v) is 11.6. The van der Waals surface area contributed by atoms with Crippen LogP contribution in [-0.4, -0.2) is 38.2 Å². The van der Waals surface area contributed by atoms with Crippen molar-refractivity contribution in [2.75, 3.05) is 27.7 Å². The SMILES string of the molecule is COc1ccsc1CNCC(C)(C)N(C)C. The summed E-state index contributed by atoms with van der Waals surface area (Å²) in [7, 11) is 5.93. The van der Waals surface area contributed by atoms with E-state index in [9.17, 15) is 0 Å². The molecule has 3 nitrogen and oxygen atoms in total. The summed E-state index contributed by atoms with van der Waals surface area (Å²) in [5, 5.41) is 5.54. The molecule has 1 heterocycles. The lowest BCUT2D eigenvalue weighted by atomic mass is 10.0. The van der Waals surface area contributed by atoms with Crippen LogP contribution < -0.4 is 10.1 Å². The Hall–Kier alpha value is -0.580. The highest BCUT2D eigenvalue weighted by Gasteiger charge is 2.19. The molecule has 0 aliphatic rings. The second-order valence-corrected chi connectivity index (χ2v) is 5.72. The van der Waals surface area contributed by atoms with Gasteiger partial charge < -0.3 is 15.0 Å². The van der Waals surface area contributed by atoms with Crippen molar-refractivity contribution in [1.29, 1.82) is 0 Å². The van der Waals surface area contributed by atoms with Crippen molar-refractivity contribution >= 4 is 11.3 Å². The zero-order valence-electron chi connectivity index (χ0n) is 10.8. The molecule has 16 heavy (non-hydrogen) atoms. The minimum absolute atomic E-state index is 0.171. The largest absolute Gasteiger partial charge is 0.496 e. The molecule has 4 heteroatoms. The average molecular weight is 242 g/mol. The number of hydrogen-bond acceptors (Lipinski definition) is 4. The zero-order chi connectivity index (χ0) is 12.2. The average Bonchev–Trinajstić information content (AvgIpc) is 2.64. The summed E-state index contributed by atoms with van der Waals surface area (Å²) in [5.41, 5.74) is 0.171. The maximum atomic E-state index is 5.28. The Morgan fingerprint density at radius 3 is 2.69 bits per heavy atom. The summed E-state index contributed by atoms with van der Waals surface area (Å²) < 4.78 is 5.28. The summed E-state index contributed by atoms with van der Waals surface area (Å²) >= 11 is 1.73. The monoisotopic (exact) mass is 242 g/mol. The number of rotatable bonds is 6. The van der Waals surface area contributed by atoms with Gasteiger partial charge in [0.15, 0.2) is 0 Å². The summed E-state index contributed by atoms with van der Waals surface area (Å²) in [6, 6.07) is 2.01. The molecule has 1 rings (SSSR count). The van der Waals surface area contributed by atoms with Gasteiger partial charge in [-0.25, -0.2) is 0 Å². The maximum Gasteiger partial charge on any atom is 0.134 e. The van der Waals surface area contributed by atoms with Gasteiger partial charge in [0.2, 0.25) is 0 Å². The lowest BCUT2D eigenvalue weighted by Crippen LogP contribution is -2.46. The van der Waals surface area contributed by atoms with Gasteiger partial charge in [-0.05, 0) is 39.4 Å². The first-order valence-electron chi connectivity index (χ1n) is 5.46. The molecule has 0 aliphatic heterocycles.